The van der Waals surface area contributed by atoms with E-state index in [9.17, 15) is 9.90 Å². The molecular formula is C12H23BN2O2. The molecule has 0 aliphatic carbocycles. The van der Waals surface area contributed by atoms with Gasteiger partial charge in [-0.05, 0) is 12.3 Å². The van der Waals surface area contributed by atoms with Gasteiger partial charge in [-0.2, -0.15) is 0 Å². The molecular weight excluding hydrogens is 215 g/mol. The SMILES string of the molecule is [B]CCC[C@H]1CN(CC(C)C)C[C@@]1(N)C(=O)O. The number of aliphatic carboxylic acids is 1. The summed E-state index contributed by atoms with van der Waals surface area (Å²) in [5.41, 5.74) is 4.98. The van der Waals surface area contributed by atoms with E-state index >= 15 is 0 Å². The molecule has 2 atom stereocenters. The molecule has 0 unspecified atom stereocenters. The van der Waals surface area contributed by atoms with Crippen LogP contribution < -0.4 is 5.73 Å². The molecule has 0 aromatic heterocycles. The van der Waals surface area contributed by atoms with E-state index in [1.807, 2.05) is 0 Å². The minimum absolute atomic E-state index is 0.0160. The second kappa shape index (κ2) is 5.87. The van der Waals surface area contributed by atoms with Crippen molar-refractivity contribution in [3.63, 3.8) is 0 Å². The van der Waals surface area contributed by atoms with Gasteiger partial charge in [-0.25, -0.2) is 0 Å². The van der Waals surface area contributed by atoms with Crippen molar-refractivity contribution < 1.29 is 9.90 Å². The fourth-order valence-corrected chi connectivity index (χ4v) is 2.65. The Morgan fingerprint density at radius 3 is 2.76 bits per heavy atom. The molecule has 17 heavy (non-hydrogen) atoms. The van der Waals surface area contributed by atoms with Gasteiger partial charge in [0.25, 0.3) is 0 Å². The number of carboxylic acids is 1. The van der Waals surface area contributed by atoms with Crippen molar-refractivity contribution in [2.24, 2.45) is 17.6 Å². The maximum absolute atomic E-state index is 11.3. The normalized spacial score (nSPS) is 30.0. The molecule has 1 heterocycles. The highest BCUT2D eigenvalue weighted by atomic mass is 16.4. The van der Waals surface area contributed by atoms with E-state index < -0.39 is 11.5 Å². The summed E-state index contributed by atoms with van der Waals surface area (Å²) in [6, 6.07) is 0. The zero-order chi connectivity index (χ0) is 13.1. The van der Waals surface area contributed by atoms with Crippen LogP contribution in [0.3, 0.4) is 0 Å². The van der Waals surface area contributed by atoms with Crippen LogP contribution in [0.2, 0.25) is 6.32 Å². The van der Waals surface area contributed by atoms with Crippen molar-refractivity contribution in [2.75, 3.05) is 19.6 Å². The summed E-state index contributed by atoms with van der Waals surface area (Å²) < 4.78 is 0. The topological polar surface area (TPSA) is 66.6 Å². The maximum atomic E-state index is 11.3. The van der Waals surface area contributed by atoms with Crippen LogP contribution in [-0.4, -0.2) is 49.0 Å². The van der Waals surface area contributed by atoms with E-state index in [1.165, 1.54) is 0 Å². The summed E-state index contributed by atoms with van der Waals surface area (Å²) in [6.45, 7) is 6.40. The van der Waals surface area contributed by atoms with Gasteiger partial charge in [0, 0.05) is 25.6 Å². The third-order valence-corrected chi connectivity index (χ3v) is 3.47. The smallest absolute Gasteiger partial charge is 0.325 e. The highest BCUT2D eigenvalue weighted by Gasteiger charge is 2.48. The van der Waals surface area contributed by atoms with Crippen molar-refractivity contribution in [1.82, 2.24) is 4.90 Å². The molecule has 1 aliphatic heterocycles. The van der Waals surface area contributed by atoms with Gasteiger partial charge in [0.1, 0.15) is 5.54 Å². The summed E-state index contributed by atoms with van der Waals surface area (Å²) >= 11 is 0. The van der Waals surface area contributed by atoms with E-state index in [0.717, 1.165) is 25.9 Å². The van der Waals surface area contributed by atoms with Crippen molar-refractivity contribution in [3.8, 4) is 0 Å². The minimum atomic E-state index is -1.09. The predicted molar refractivity (Wildman–Crippen MR) is 69.1 cm³/mol. The molecule has 3 N–H and O–H groups in total. The Labute approximate surface area is 105 Å². The number of nitrogens with two attached hydrogens (primary N) is 1. The van der Waals surface area contributed by atoms with E-state index in [0.29, 0.717) is 18.8 Å². The fraction of sp³-hybridized carbons (Fsp3) is 0.917. The summed E-state index contributed by atoms with van der Waals surface area (Å²) in [5, 5.41) is 9.31. The van der Waals surface area contributed by atoms with E-state index in [-0.39, 0.29) is 5.92 Å². The molecule has 0 saturated carbocycles. The minimum Gasteiger partial charge on any atom is -0.480 e. The summed E-state index contributed by atoms with van der Waals surface area (Å²) in [6.07, 6.45) is 2.23. The molecule has 1 aliphatic rings. The molecule has 96 valence electrons. The summed E-state index contributed by atoms with van der Waals surface area (Å²) in [7, 11) is 5.48. The van der Waals surface area contributed by atoms with Crippen molar-refractivity contribution in [2.45, 2.75) is 38.5 Å². The van der Waals surface area contributed by atoms with Crippen LogP contribution in [-0.2, 0) is 4.79 Å². The average molecular weight is 238 g/mol. The van der Waals surface area contributed by atoms with Gasteiger partial charge in [-0.3, -0.25) is 4.79 Å². The number of nitrogens with zero attached hydrogens (tertiary/aromatic N) is 1. The molecule has 0 bridgehead atoms. The Balaban J connectivity index is 2.68. The second-order valence-corrected chi connectivity index (χ2v) is 5.56. The lowest BCUT2D eigenvalue weighted by Gasteiger charge is -2.25. The van der Waals surface area contributed by atoms with Gasteiger partial charge in [-0.1, -0.05) is 26.6 Å². The second-order valence-electron chi connectivity index (χ2n) is 5.56. The van der Waals surface area contributed by atoms with Gasteiger partial charge in [-0.15, -0.1) is 0 Å². The average Bonchev–Trinajstić information content (AvgIpc) is 2.52. The molecule has 0 aromatic carbocycles. The third-order valence-electron chi connectivity index (χ3n) is 3.47. The van der Waals surface area contributed by atoms with Crippen molar-refractivity contribution in [1.29, 1.82) is 0 Å². The van der Waals surface area contributed by atoms with Gasteiger partial charge in [0.15, 0.2) is 0 Å². The van der Waals surface area contributed by atoms with Crippen LogP contribution in [0.25, 0.3) is 0 Å². The first-order valence-corrected chi connectivity index (χ1v) is 6.35. The van der Waals surface area contributed by atoms with Crippen LogP contribution in [0, 0.1) is 11.8 Å². The zero-order valence-electron chi connectivity index (χ0n) is 10.9. The molecule has 0 amide bonds. The highest BCUT2D eigenvalue weighted by molar-refractivity contribution is 6.08. The van der Waals surface area contributed by atoms with Gasteiger partial charge < -0.3 is 15.7 Å². The van der Waals surface area contributed by atoms with Gasteiger partial charge >= 0.3 is 5.97 Å². The Bertz CT molecular complexity index is 273. The quantitative estimate of drug-likeness (QED) is 0.669. The predicted octanol–water partition coefficient (Wildman–Crippen LogP) is 0.723. The lowest BCUT2D eigenvalue weighted by molar-refractivity contribution is -0.144. The van der Waals surface area contributed by atoms with Crippen LogP contribution in [0.15, 0.2) is 0 Å². The van der Waals surface area contributed by atoms with E-state index in [1.54, 1.807) is 0 Å². The molecule has 5 heteroatoms. The van der Waals surface area contributed by atoms with Crippen molar-refractivity contribution >= 4 is 13.8 Å². The molecule has 1 fully saturated rings. The lowest BCUT2D eigenvalue weighted by atomic mass is 9.83. The van der Waals surface area contributed by atoms with Crippen LogP contribution in [0.4, 0.5) is 0 Å². The lowest BCUT2D eigenvalue weighted by Crippen LogP contribution is -2.54. The first-order chi connectivity index (χ1) is 7.90. The highest BCUT2D eigenvalue weighted by Crippen LogP contribution is 2.30. The molecule has 2 radical (unpaired) electrons. The number of likely N-dealkylation sites (tertiary alicyclic amines) is 1. The molecule has 1 saturated heterocycles. The maximum Gasteiger partial charge on any atom is 0.325 e. The Morgan fingerprint density at radius 1 is 1.65 bits per heavy atom. The molecule has 0 spiro atoms. The zero-order valence-corrected chi connectivity index (χ0v) is 10.9. The number of hydrogen-bond acceptors (Lipinski definition) is 3. The molecule has 1 rings (SSSR count). The fourth-order valence-electron chi connectivity index (χ4n) is 2.65. The van der Waals surface area contributed by atoms with E-state index in [4.69, 9.17) is 13.6 Å². The summed E-state index contributed by atoms with van der Waals surface area (Å²) in [4.78, 5) is 13.5. The molecule has 4 nitrogen and oxygen atoms in total. The number of carboxylic acid groups (broad SMARTS) is 1. The molecule has 0 aromatic rings. The van der Waals surface area contributed by atoms with Gasteiger partial charge in [0.05, 0.1) is 7.85 Å². The first-order valence-electron chi connectivity index (χ1n) is 6.35. The Hall–Kier alpha value is -0.545. The first kappa shape index (κ1) is 14.5. The van der Waals surface area contributed by atoms with Crippen molar-refractivity contribution in [3.05, 3.63) is 0 Å². The largest absolute Gasteiger partial charge is 0.480 e. The van der Waals surface area contributed by atoms with Crippen LogP contribution in [0.5, 0.6) is 0 Å². The third kappa shape index (κ3) is 3.46. The van der Waals surface area contributed by atoms with Crippen LogP contribution in [0.1, 0.15) is 26.7 Å². The van der Waals surface area contributed by atoms with Gasteiger partial charge in [0.2, 0.25) is 0 Å². The number of hydrogen-bond donors (Lipinski definition) is 2. The van der Waals surface area contributed by atoms with E-state index in [2.05, 4.69) is 18.7 Å². The Kier molecular flexibility index (Phi) is 5.01. The number of rotatable bonds is 6. The number of carbonyl (C=O) groups is 1. The summed E-state index contributed by atoms with van der Waals surface area (Å²) in [5.74, 6) is -0.339. The standard InChI is InChI=1S/C12H23BN2O2/c1-9(2)6-15-7-10(4-3-5-13)12(14,8-15)11(16)17/h9-10H,3-8,14H2,1-2H3,(H,16,17)/t10-,12-/m0/s1. The van der Waals surface area contributed by atoms with Crippen LogP contribution >= 0.6 is 0 Å². The Morgan fingerprint density at radius 2 is 2.29 bits per heavy atom. The monoisotopic (exact) mass is 238 g/mol.